The molecule has 1 aromatic rings. The largest absolute Gasteiger partial charge is 0.476 e. The molecule has 0 aliphatic carbocycles. The van der Waals surface area contributed by atoms with Crippen LogP contribution in [0.1, 0.15) is 36.7 Å². The molecule has 5 heteroatoms. The maximum Gasteiger partial charge on any atom is 0.356 e. The van der Waals surface area contributed by atoms with Crippen LogP contribution in [0.2, 0.25) is 5.02 Å². The van der Waals surface area contributed by atoms with Gasteiger partial charge in [0.15, 0.2) is 5.69 Å². The second-order valence-corrected chi connectivity index (χ2v) is 5.10. The average Bonchev–Trinajstić information content (AvgIpc) is 2.78. The SMILES string of the molecule is CCCC1CCN(c2ccc(Cl)c(C(=O)O)n2)C1. The first-order chi connectivity index (χ1) is 8.61. The fourth-order valence-corrected chi connectivity index (χ4v) is 2.63. The Balaban J connectivity index is 2.15. The van der Waals surface area contributed by atoms with Gasteiger partial charge in [0, 0.05) is 13.1 Å². The number of aromatic carboxylic acids is 1. The first-order valence-corrected chi connectivity index (χ1v) is 6.64. The fourth-order valence-electron chi connectivity index (χ4n) is 2.44. The standard InChI is InChI=1S/C13H17ClN2O2/c1-2-3-9-6-7-16(8-9)11-5-4-10(14)12(15-11)13(17)18/h4-5,9H,2-3,6-8H2,1H3,(H,17,18). The number of anilines is 1. The van der Waals surface area contributed by atoms with Crippen LogP contribution >= 0.6 is 11.6 Å². The van der Waals surface area contributed by atoms with E-state index in [2.05, 4.69) is 16.8 Å². The quantitative estimate of drug-likeness (QED) is 0.912. The molecule has 1 atom stereocenters. The van der Waals surface area contributed by atoms with Gasteiger partial charge in [0.1, 0.15) is 5.82 Å². The van der Waals surface area contributed by atoms with Crippen molar-refractivity contribution in [3.05, 3.63) is 22.8 Å². The van der Waals surface area contributed by atoms with Crippen LogP contribution in [0.3, 0.4) is 0 Å². The van der Waals surface area contributed by atoms with Crippen molar-refractivity contribution in [1.29, 1.82) is 0 Å². The van der Waals surface area contributed by atoms with Gasteiger partial charge in [0.25, 0.3) is 0 Å². The topological polar surface area (TPSA) is 53.4 Å². The minimum absolute atomic E-state index is 0.0619. The van der Waals surface area contributed by atoms with Crippen LogP contribution in [0.25, 0.3) is 0 Å². The summed E-state index contributed by atoms with van der Waals surface area (Å²) in [7, 11) is 0. The monoisotopic (exact) mass is 268 g/mol. The third kappa shape index (κ3) is 2.75. The van der Waals surface area contributed by atoms with E-state index in [1.807, 2.05) is 0 Å². The number of pyridine rings is 1. The highest BCUT2D eigenvalue weighted by Crippen LogP contribution is 2.27. The van der Waals surface area contributed by atoms with E-state index < -0.39 is 5.97 Å². The van der Waals surface area contributed by atoms with Crippen molar-refractivity contribution in [3.8, 4) is 0 Å². The normalized spacial score (nSPS) is 19.2. The minimum Gasteiger partial charge on any atom is -0.476 e. The van der Waals surface area contributed by atoms with E-state index in [9.17, 15) is 4.79 Å². The lowest BCUT2D eigenvalue weighted by atomic mass is 10.0. The number of carbonyl (C=O) groups is 1. The molecular formula is C13H17ClN2O2. The third-order valence-corrected chi connectivity index (χ3v) is 3.65. The van der Waals surface area contributed by atoms with Gasteiger partial charge >= 0.3 is 5.97 Å². The Morgan fingerprint density at radius 1 is 1.61 bits per heavy atom. The fraction of sp³-hybridized carbons (Fsp3) is 0.538. The summed E-state index contributed by atoms with van der Waals surface area (Å²) in [6.07, 6.45) is 3.56. The van der Waals surface area contributed by atoms with Crippen LogP contribution in [0.5, 0.6) is 0 Å². The van der Waals surface area contributed by atoms with Crippen LogP contribution in [-0.4, -0.2) is 29.1 Å². The summed E-state index contributed by atoms with van der Waals surface area (Å²) in [5.41, 5.74) is -0.0619. The van der Waals surface area contributed by atoms with Crippen molar-refractivity contribution in [2.45, 2.75) is 26.2 Å². The van der Waals surface area contributed by atoms with Crippen molar-refractivity contribution >= 4 is 23.4 Å². The number of hydrogen-bond acceptors (Lipinski definition) is 3. The summed E-state index contributed by atoms with van der Waals surface area (Å²) in [5.74, 6) is 0.335. The Labute approximate surface area is 112 Å². The Morgan fingerprint density at radius 3 is 3.06 bits per heavy atom. The second kappa shape index (κ2) is 5.57. The van der Waals surface area contributed by atoms with E-state index in [-0.39, 0.29) is 10.7 Å². The van der Waals surface area contributed by atoms with Gasteiger partial charge in [-0.25, -0.2) is 9.78 Å². The number of halogens is 1. The van der Waals surface area contributed by atoms with Gasteiger partial charge in [-0.2, -0.15) is 0 Å². The van der Waals surface area contributed by atoms with E-state index in [0.29, 0.717) is 5.92 Å². The molecule has 0 spiro atoms. The molecule has 0 aromatic carbocycles. The lowest BCUT2D eigenvalue weighted by Gasteiger charge is -2.18. The van der Waals surface area contributed by atoms with E-state index in [1.54, 1.807) is 12.1 Å². The smallest absolute Gasteiger partial charge is 0.356 e. The summed E-state index contributed by atoms with van der Waals surface area (Å²) >= 11 is 5.81. The van der Waals surface area contributed by atoms with Crippen LogP contribution in [0.15, 0.2) is 12.1 Å². The van der Waals surface area contributed by atoms with Crippen LogP contribution in [0, 0.1) is 5.92 Å². The number of carboxylic acid groups (broad SMARTS) is 1. The van der Waals surface area contributed by atoms with E-state index in [4.69, 9.17) is 16.7 Å². The first-order valence-electron chi connectivity index (χ1n) is 6.26. The number of nitrogens with zero attached hydrogens (tertiary/aromatic N) is 2. The Hall–Kier alpha value is -1.29. The number of carboxylic acids is 1. The molecule has 18 heavy (non-hydrogen) atoms. The van der Waals surface area contributed by atoms with Gasteiger partial charge in [-0.1, -0.05) is 24.9 Å². The predicted molar refractivity (Wildman–Crippen MR) is 71.4 cm³/mol. The molecule has 0 saturated carbocycles. The second-order valence-electron chi connectivity index (χ2n) is 4.69. The molecule has 98 valence electrons. The molecule has 2 rings (SSSR count). The molecule has 1 fully saturated rings. The lowest BCUT2D eigenvalue weighted by Crippen LogP contribution is -2.21. The molecule has 4 nitrogen and oxygen atoms in total. The zero-order valence-corrected chi connectivity index (χ0v) is 11.2. The average molecular weight is 269 g/mol. The zero-order chi connectivity index (χ0) is 13.1. The number of rotatable bonds is 4. The van der Waals surface area contributed by atoms with Crippen LogP contribution in [0.4, 0.5) is 5.82 Å². The van der Waals surface area contributed by atoms with Crippen molar-refractivity contribution < 1.29 is 9.90 Å². The zero-order valence-electron chi connectivity index (χ0n) is 10.4. The summed E-state index contributed by atoms with van der Waals surface area (Å²) in [6.45, 7) is 4.09. The first kappa shape index (κ1) is 13.1. The van der Waals surface area contributed by atoms with Crippen molar-refractivity contribution in [2.24, 2.45) is 5.92 Å². The van der Waals surface area contributed by atoms with Gasteiger partial charge < -0.3 is 10.0 Å². The van der Waals surface area contributed by atoms with Gasteiger partial charge in [-0.05, 0) is 30.9 Å². The summed E-state index contributed by atoms with van der Waals surface area (Å²) in [6, 6.07) is 3.41. The highest BCUT2D eigenvalue weighted by atomic mass is 35.5. The molecule has 1 saturated heterocycles. The lowest BCUT2D eigenvalue weighted by molar-refractivity contribution is 0.0691. The van der Waals surface area contributed by atoms with Gasteiger partial charge in [0.2, 0.25) is 0 Å². The molecule has 0 radical (unpaired) electrons. The maximum atomic E-state index is 11.0. The third-order valence-electron chi connectivity index (χ3n) is 3.34. The highest BCUT2D eigenvalue weighted by Gasteiger charge is 2.23. The molecule has 1 unspecified atom stereocenters. The van der Waals surface area contributed by atoms with Gasteiger partial charge in [0.05, 0.1) is 5.02 Å². The van der Waals surface area contributed by atoms with Crippen LogP contribution in [-0.2, 0) is 0 Å². The molecule has 0 bridgehead atoms. The summed E-state index contributed by atoms with van der Waals surface area (Å²) < 4.78 is 0. The Bertz CT molecular complexity index is 451. The maximum absolute atomic E-state index is 11.0. The molecule has 1 N–H and O–H groups in total. The molecule has 2 heterocycles. The van der Waals surface area contributed by atoms with Crippen LogP contribution < -0.4 is 4.90 Å². The number of hydrogen-bond donors (Lipinski definition) is 1. The van der Waals surface area contributed by atoms with E-state index in [1.165, 1.54) is 12.8 Å². The molecule has 1 aliphatic heterocycles. The highest BCUT2D eigenvalue weighted by molar-refractivity contribution is 6.33. The minimum atomic E-state index is -1.08. The van der Waals surface area contributed by atoms with Gasteiger partial charge in [-0.15, -0.1) is 0 Å². The van der Waals surface area contributed by atoms with E-state index >= 15 is 0 Å². The summed E-state index contributed by atoms with van der Waals surface area (Å²) in [4.78, 5) is 17.3. The predicted octanol–water partition coefficient (Wildman–Crippen LogP) is 3.06. The van der Waals surface area contributed by atoms with Crippen molar-refractivity contribution in [2.75, 3.05) is 18.0 Å². The Morgan fingerprint density at radius 2 is 2.39 bits per heavy atom. The van der Waals surface area contributed by atoms with Crippen molar-refractivity contribution in [3.63, 3.8) is 0 Å². The van der Waals surface area contributed by atoms with Crippen molar-refractivity contribution in [1.82, 2.24) is 4.98 Å². The number of aromatic nitrogens is 1. The van der Waals surface area contributed by atoms with E-state index in [0.717, 1.165) is 25.3 Å². The molecular weight excluding hydrogens is 252 g/mol. The molecule has 1 aromatic heterocycles. The Kier molecular flexibility index (Phi) is 4.07. The molecule has 1 aliphatic rings. The summed E-state index contributed by atoms with van der Waals surface area (Å²) in [5, 5.41) is 9.19. The molecule has 0 amide bonds. The van der Waals surface area contributed by atoms with Gasteiger partial charge in [-0.3, -0.25) is 0 Å².